The molecule has 0 unspecified atom stereocenters. The summed E-state index contributed by atoms with van der Waals surface area (Å²) in [6.07, 6.45) is 3.26. The van der Waals surface area contributed by atoms with Gasteiger partial charge in [-0.05, 0) is 44.2 Å². The van der Waals surface area contributed by atoms with Crippen molar-refractivity contribution in [2.45, 2.75) is 52.5 Å². The summed E-state index contributed by atoms with van der Waals surface area (Å²) in [4.78, 5) is 4.83. The fourth-order valence-electron chi connectivity index (χ4n) is 2.33. The number of hydrogen-bond acceptors (Lipinski definition) is 3. The zero-order chi connectivity index (χ0) is 13.9. The summed E-state index contributed by atoms with van der Waals surface area (Å²) in [6.45, 7) is 8.83. The van der Waals surface area contributed by atoms with Crippen molar-refractivity contribution in [2.75, 3.05) is 11.1 Å². The number of anilines is 1. The summed E-state index contributed by atoms with van der Waals surface area (Å²) in [5.74, 6) is 1.15. The van der Waals surface area contributed by atoms with Gasteiger partial charge in [-0.1, -0.05) is 43.8 Å². The minimum atomic E-state index is 0.0706. The molecule has 1 heterocycles. The van der Waals surface area contributed by atoms with Crippen LogP contribution in [0.4, 0.5) is 5.69 Å². The van der Waals surface area contributed by atoms with Crippen LogP contribution in [0.25, 0.3) is 0 Å². The Hall–Kier alpha value is -0.960. The Balaban J connectivity index is 2.30. The van der Waals surface area contributed by atoms with Crippen molar-refractivity contribution in [1.82, 2.24) is 0 Å². The van der Waals surface area contributed by atoms with E-state index >= 15 is 0 Å². The van der Waals surface area contributed by atoms with Crippen LogP contribution < -0.4 is 5.32 Å². The van der Waals surface area contributed by atoms with E-state index in [-0.39, 0.29) is 5.54 Å². The van der Waals surface area contributed by atoms with Crippen LogP contribution in [0.1, 0.15) is 45.2 Å². The zero-order valence-electron chi connectivity index (χ0n) is 12.4. The SMILES string of the molecule is CCc1cccc(CC)c1NC1=NC(C)(C)CCS1. The first-order chi connectivity index (χ1) is 9.05. The molecule has 0 bridgehead atoms. The van der Waals surface area contributed by atoms with Gasteiger partial charge in [0.15, 0.2) is 5.17 Å². The van der Waals surface area contributed by atoms with E-state index in [0.717, 1.165) is 30.2 Å². The maximum atomic E-state index is 4.83. The van der Waals surface area contributed by atoms with Gasteiger partial charge in [-0.2, -0.15) is 0 Å². The number of aryl methyl sites for hydroxylation is 2. The predicted molar refractivity (Wildman–Crippen MR) is 87.4 cm³/mol. The van der Waals surface area contributed by atoms with Crippen molar-refractivity contribution < 1.29 is 0 Å². The number of hydrogen-bond donors (Lipinski definition) is 1. The van der Waals surface area contributed by atoms with E-state index in [4.69, 9.17) is 4.99 Å². The van der Waals surface area contributed by atoms with Crippen molar-refractivity contribution in [1.29, 1.82) is 0 Å². The van der Waals surface area contributed by atoms with Crippen LogP contribution >= 0.6 is 11.8 Å². The second kappa shape index (κ2) is 6.00. The molecular weight excluding hydrogens is 252 g/mol. The average molecular weight is 276 g/mol. The standard InChI is InChI=1S/C16H24N2S/c1-5-12-8-7-9-13(6-2)14(12)17-15-18-16(3,4)10-11-19-15/h7-9H,5-6,10-11H2,1-4H3,(H,17,18). The fourth-order valence-corrected chi connectivity index (χ4v) is 3.62. The summed E-state index contributed by atoms with van der Waals surface area (Å²) >= 11 is 1.84. The molecule has 19 heavy (non-hydrogen) atoms. The van der Waals surface area contributed by atoms with E-state index in [1.54, 1.807) is 0 Å². The van der Waals surface area contributed by atoms with Gasteiger partial charge in [0.1, 0.15) is 0 Å². The Bertz CT molecular complexity index is 455. The van der Waals surface area contributed by atoms with Gasteiger partial charge in [0.25, 0.3) is 0 Å². The molecule has 0 saturated carbocycles. The number of thioether (sulfide) groups is 1. The Morgan fingerprint density at radius 2 is 1.84 bits per heavy atom. The lowest BCUT2D eigenvalue weighted by Crippen LogP contribution is -2.27. The zero-order valence-corrected chi connectivity index (χ0v) is 13.2. The van der Waals surface area contributed by atoms with E-state index < -0.39 is 0 Å². The summed E-state index contributed by atoms with van der Waals surface area (Å²) in [5, 5.41) is 4.66. The van der Waals surface area contributed by atoms with Crippen LogP contribution in [0.3, 0.4) is 0 Å². The number of nitrogens with zero attached hydrogens (tertiary/aromatic N) is 1. The molecule has 0 atom stereocenters. The number of benzene rings is 1. The van der Waals surface area contributed by atoms with Gasteiger partial charge in [0.2, 0.25) is 0 Å². The number of rotatable bonds is 3. The summed E-state index contributed by atoms with van der Waals surface area (Å²) in [5.41, 5.74) is 4.11. The van der Waals surface area contributed by atoms with Crippen molar-refractivity contribution in [3.8, 4) is 0 Å². The van der Waals surface area contributed by atoms with Crippen molar-refractivity contribution in [3.63, 3.8) is 0 Å². The minimum absolute atomic E-state index is 0.0706. The Kier molecular flexibility index (Phi) is 4.56. The third-order valence-electron chi connectivity index (χ3n) is 3.59. The molecule has 104 valence electrons. The molecule has 0 amide bonds. The van der Waals surface area contributed by atoms with Crippen LogP contribution in [-0.4, -0.2) is 16.5 Å². The number of nitrogens with one attached hydrogen (secondary N) is 1. The molecule has 0 fully saturated rings. The quantitative estimate of drug-likeness (QED) is 0.879. The van der Waals surface area contributed by atoms with Crippen LogP contribution in [-0.2, 0) is 12.8 Å². The molecule has 0 radical (unpaired) electrons. The summed E-state index contributed by atoms with van der Waals surface area (Å²) < 4.78 is 0. The lowest BCUT2D eigenvalue weighted by molar-refractivity contribution is 0.507. The number of amidine groups is 1. The van der Waals surface area contributed by atoms with Gasteiger partial charge in [-0.3, -0.25) is 4.99 Å². The minimum Gasteiger partial charge on any atom is -0.335 e. The summed E-state index contributed by atoms with van der Waals surface area (Å²) in [6, 6.07) is 6.57. The van der Waals surface area contributed by atoms with Crippen LogP contribution in [0.2, 0.25) is 0 Å². The highest BCUT2D eigenvalue weighted by molar-refractivity contribution is 8.14. The largest absolute Gasteiger partial charge is 0.335 e. The molecule has 1 aliphatic heterocycles. The number of para-hydroxylation sites is 1. The fraction of sp³-hybridized carbons (Fsp3) is 0.562. The molecule has 0 spiro atoms. The van der Waals surface area contributed by atoms with E-state index in [9.17, 15) is 0 Å². The van der Waals surface area contributed by atoms with Gasteiger partial charge in [-0.25, -0.2) is 0 Å². The van der Waals surface area contributed by atoms with Gasteiger partial charge in [-0.15, -0.1) is 0 Å². The van der Waals surface area contributed by atoms with Crippen molar-refractivity contribution in [2.24, 2.45) is 4.99 Å². The first kappa shape index (κ1) is 14.4. The third-order valence-corrected chi connectivity index (χ3v) is 4.46. The topological polar surface area (TPSA) is 24.4 Å². The number of aliphatic imine (C=N–C) groups is 1. The predicted octanol–water partition coefficient (Wildman–Crippen LogP) is 4.49. The monoisotopic (exact) mass is 276 g/mol. The first-order valence-corrected chi connectivity index (χ1v) is 8.14. The highest BCUT2D eigenvalue weighted by Crippen LogP contribution is 2.29. The molecule has 1 aromatic rings. The smallest absolute Gasteiger partial charge is 0.161 e. The second-order valence-electron chi connectivity index (χ2n) is 5.61. The maximum Gasteiger partial charge on any atom is 0.161 e. The molecule has 1 N–H and O–H groups in total. The van der Waals surface area contributed by atoms with Crippen LogP contribution in [0.5, 0.6) is 0 Å². The molecule has 0 saturated heterocycles. The molecule has 2 nitrogen and oxygen atoms in total. The molecule has 0 aromatic heterocycles. The second-order valence-corrected chi connectivity index (χ2v) is 6.69. The molecular formula is C16H24N2S. The Morgan fingerprint density at radius 3 is 2.37 bits per heavy atom. The Labute approximate surface area is 121 Å². The molecule has 1 aliphatic rings. The molecule has 2 rings (SSSR count). The van der Waals surface area contributed by atoms with E-state index in [2.05, 4.69) is 51.2 Å². The van der Waals surface area contributed by atoms with Crippen LogP contribution in [0, 0.1) is 0 Å². The van der Waals surface area contributed by atoms with Crippen molar-refractivity contribution in [3.05, 3.63) is 29.3 Å². The van der Waals surface area contributed by atoms with E-state index in [1.807, 2.05) is 11.8 Å². The van der Waals surface area contributed by atoms with E-state index in [0.29, 0.717) is 0 Å². The van der Waals surface area contributed by atoms with Gasteiger partial charge in [0.05, 0.1) is 5.54 Å². The van der Waals surface area contributed by atoms with E-state index in [1.165, 1.54) is 16.8 Å². The Morgan fingerprint density at radius 1 is 1.21 bits per heavy atom. The lowest BCUT2D eigenvalue weighted by atomic mass is 10.0. The molecule has 3 heteroatoms. The normalized spacial score (nSPS) is 18.0. The highest BCUT2D eigenvalue weighted by atomic mass is 32.2. The molecule has 0 aliphatic carbocycles. The molecule has 1 aromatic carbocycles. The average Bonchev–Trinajstić information content (AvgIpc) is 2.38. The van der Waals surface area contributed by atoms with Crippen molar-refractivity contribution >= 4 is 22.6 Å². The van der Waals surface area contributed by atoms with Crippen LogP contribution in [0.15, 0.2) is 23.2 Å². The summed E-state index contributed by atoms with van der Waals surface area (Å²) in [7, 11) is 0. The first-order valence-electron chi connectivity index (χ1n) is 7.16. The van der Waals surface area contributed by atoms with Gasteiger partial charge < -0.3 is 5.32 Å². The maximum absolute atomic E-state index is 4.83. The van der Waals surface area contributed by atoms with Gasteiger partial charge >= 0.3 is 0 Å². The lowest BCUT2D eigenvalue weighted by Gasteiger charge is -2.27. The third kappa shape index (κ3) is 3.53. The van der Waals surface area contributed by atoms with Gasteiger partial charge in [0, 0.05) is 11.4 Å². The highest BCUT2D eigenvalue weighted by Gasteiger charge is 2.23.